The van der Waals surface area contributed by atoms with E-state index in [9.17, 15) is 0 Å². The molecule has 2 aromatic rings. The van der Waals surface area contributed by atoms with Crippen molar-refractivity contribution >= 4 is 5.88 Å². The zero-order valence-electron chi connectivity index (χ0n) is 9.80. The summed E-state index contributed by atoms with van der Waals surface area (Å²) in [5, 5.41) is 3.88. The molecule has 0 saturated heterocycles. The van der Waals surface area contributed by atoms with E-state index in [1.807, 2.05) is 12.1 Å². The van der Waals surface area contributed by atoms with Gasteiger partial charge in [-0.1, -0.05) is 5.16 Å². The van der Waals surface area contributed by atoms with Crippen LogP contribution in [0, 0.1) is 0 Å². The lowest BCUT2D eigenvalue weighted by molar-refractivity contribution is -0.0164. The summed E-state index contributed by atoms with van der Waals surface area (Å²) in [7, 11) is 1.60. The van der Waals surface area contributed by atoms with Gasteiger partial charge in [-0.2, -0.15) is 0 Å². The standard InChI is InChI=1S/C12H12N2O4/c1-15-11-2-7-5-16-6-17-10(7)3-8(11)9-4-12(13)18-14-9/h2-4H,5-6,13H2,1H3. The Bertz CT molecular complexity index is 579. The molecule has 2 heterocycles. The van der Waals surface area contributed by atoms with E-state index in [-0.39, 0.29) is 12.7 Å². The zero-order chi connectivity index (χ0) is 12.5. The minimum Gasteiger partial charge on any atom is -0.496 e. The van der Waals surface area contributed by atoms with Crippen molar-refractivity contribution < 1.29 is 18.7 Å². The molecular formula is C12H12N2O4. The van der Waals surface area contributed by atoms with Gasteiger partial charge in [0.1, 0.15) is 17.2 Å². The molecule has 1 aromatic carbocycles. The molecule has 0 radical (unpaired) electrons. The highest BCUT2D eigenvalue weighted by Gasteiger charge is 2.18. The highest BCUT2D eigenvalue weighted by atomic mass is 16.7. The van der Waals surface area contributed by atoms with Crippen LogP contribution in [0.5, 0.6) is 11.5 Å². The first kappa shape index (κ1) is 10.9. The summed E-state index contributed by atoms with van der Waals surface area (Å²) in [6.07, 6.45) is 0. The van der Waals surface area contributed by atoms with Gasteiger partial charge in [-0.15, -0.1) is 0 Å². The van der Waals surface area contributed by atoms with E-state index in [0.717, 1.165) is 16.9 Å². The number of nitrogens with zero attached hydrogens (tertiary/aromatic N) is 1. The van der Waals surface area contributed by atoms with E-state index in [0.29, 0.717) is 18.1 Å². The van der Waals surface area contributed by atoms with Gasteiger partial charge < -0.3 is 24.5 Å². The summed E-state index contributed by atoms with van der Waals surface area (Å²) in [5.74, 6) is 1.70. The van der Waals surface area contributed by atoms with Crippen LogP contribution in [0.15, 0.2) is 22.7 Å². The average molecular weight is 248 g/mol. The van der Waals surface area contributed by atoms with E-state index in [1.54, 1.807) is 13.2 Å². The van der Waals surface area contributed by atoms with Gasteiger partial charge in [-0.25, -0.2) is 0 Å². The average Bonchev–Trinajstić information content (AvgIpc) is 2.83. The number of nitrogen functional groups attached to an aromatic ring is 1. The van der Waals surface area contributed by atoms with Gasteiger partial charge in [0.05, 0.1) is 13.7 Å². The monoisotopic (exact) mass is 248 g/mol. The van der Waals surface area contributed by atoms with Crippen LogP contribution < -0.4 is 15.2 Å². The summed E-state index contributed by atoms with van der Waals surface area (Å²) in [4.78, 5) is 0. The predicted molar refractivity (Wildman–Crippen MR) is 63.2 cm³/mol. The summed E-state index contributed by atoms with van der Waals surface area (Å²) in [6, 6.07) is 5.37. The SMILES string of the molecule is COc1cc2c(cc1-c1cc(N)on1)OCOC2. The molecule has 0 saturated carbocycles. The summed E-state index contributed by atoms with van der Waals surface area (Å²) in [5.41, 5.74) is 7.86. The van der Waals surface area contributed by atoms with Crippen LogP contribution in [-0.2, 0) is 11.3 Å². The maximum atomic E-state index is 5.52. The van der Waals surface area contributed by atoms with Crippen LogP contribution in [0.25, 0.3) is 11.3 Å². The number of hydrogen-bond donors (Lipinski definition) is 1. The molecule has 0 atom stereocenters. The molecule has 3 rings (SSSR count). The first-order valence-corrected chi connectivity index (χ1v) is 5.42. The van der Waals surface area contributed by atoms with Gasteiger partial charge in [-0.3, -0.25) is 0 Å². The number of nitrogens with two attached hydrogens (primary N) is 1. The molecule has 0 aliphatic carbocycles. The molecule has 1 aliphatic rings. The molecule has 0 bridgehead atoms. The topological polar surface area (TPSA) is 79.7 Å². The van der Waals surface area contributed by atoms with E-state index in [2.05, 4.69) is 5.16 Å². The fourth-order valence-corrected chi connectivity index (χ4v) is 1.89. The third kappa shape index (κ3) is 1.76. The number of aromatic nitrogens is 1. The van der Waals surface area contributed by atoms with Crippen LogP contribution in [-0.4, -0.2) is 19.1 Å². The molecule has 18 heavy (non-hydrogen) atoms. The van der Waals surface area contributed by atoms with Gasteiger partial charge >= 0.3 is 0 Å². The van der Waals surface area contributed by atoms with E-state index in [1.165, 1.54) is 0 Å². The molecule has 0 unspecified atom stereocenters. The first-order valence-electron chi connectivity index (χ1n) is 5.42. The Morgan fingerprint density at radius 2 is 2.22 bits per heavy atom. The van der Waals surface area contributed by atoms with Crippen molar-refractivity contribution in [2.24, 2.45) is 0 Å². The fourth-order valence-electron chi connectivity index (χ4n) is 1.89. The molecule has 6 heteroatoms. The summed E-state index contributed by atoms with van der Waals surface area (Å²) >= 11 is 0. The Labute approximate surface area is 103 Å². The number of benzene rings is 1. The number of fused-ring (bicyclic) bond motifs is 1. The maximum Gasteiger partial charge on any atom is 0.222 e. The van der Waals surface area contributed by atoms with Crippen LogP contribution in [0.1, 0.15) is 5.56 Å². The number of anilines is 1. The van der Waals surface area contributed by atoms with Crippen molar-refractivity contribution in [3.8, 4) is 22.8 Å². The maximum absolute atomic E-state index is 5.52. The zero-order valence-corrected chi connectivity index (χ0v) is 9.80. The van der Waals surface area contributed by atoms with Crippen LogP contribution in [0.4, 0.5) is 5.88 Å². The molecule has 1 aliphatic heterocycles. The lowest BCUT2D eigenvalue weighted by Crippen LogP contribution is -2.11. The van der Waals surface area contributed by atoms with Crippen molar-refractivity contribution in [2.75, 3.05) is 19.6 Å². The Balaban J connectivity index is 2.12. The van der Waals surface area contributed by atoms with Crippen LogP contribution >= 0.6 is 0 Å². The number of ether oxygens (including phenoxy) is 3. The van der Waals surface area contributed by atoms with Crippen molar-refractivity contribution in [1.82, 2.24) is 5.16 Å². The minimum absolute atomic E-state index is 0.250. The lowest BCUT2D eigenvalue weighted by atomic mass is 10.1. The Morgan fingerprint density at radius 1 is 1.33 bits per heavy atom. The minimum atomic E-state index is 0.250. The Hall–Kier alpha value is -2.21. The van der Waals surface area contributed by atoms with E-state index >= 15 is 0 Å². The number of methoxy groups -OCH3 is 1. The van der Waals surface area contributed by atoms with Crippen LogP contribution in [0.3, 0.4) is 0 Å². The first-order chi connectivity index (χ1) is 8.78. The summed E-state index contributed by atoms with van der Waals surface area (Å²) < 4.78 is 20.8. The second kappa shape index (κ2) is 4.23. The highest BCUT2D eigenvalue weighted by Crippen LogP contribution is 2.37. The van der Waals surface area contributed by atoms with Crippen molar-refractivity contribution in [3.63, 3.8) is 0 Å². The van der Waals surface area contributed by atoms with Crippen LogP contribution in [0.2, 0.25) is 0 Å². The highest BCUT2D eigenvalue weighted by molar-refractivity contribution is 5.71. The number of rotatable bonds is 2. The van der Waals surface area contributed by atoms with E-state index < -0.39 is 0 Å². The molecule has 6 nitrogen and oxygen atoms in total. The predicted octanol–water partition coefficient (Wildman–Crippen LogP) is 1.80. The Morgan fingerprint density at radius 3 is 2.94 bits per heavy atom. The van der Waals surface area contributed by atoms with Crippen molar-refractivity contribution in [3.05, 3.63) is 23.8 Å². The second-order valence-electron chi connectivity index (χ2n) is 3.89. The van der Waals surface area contributed by atoms with Gasteiger partial charge in [0.25, 0.3) is 0 Å². The summed E-state index contributed by atoms with van der Waals surface area (Å²) in [6.45, 7) is 0.757. The second-order valence-corrected chi connectivity index (χ2v) is 3.89. The lowest BCUT2D eigenvalue weighted by Gasteiger charge is -2.19. The van der Waals surface area contributed by atoms with Gasteiger partial charge in [0.15, 0.2) is 6.79 Å². The number of hydrogen-bond acceptors (Lipinski definition) is 6. The Kier molecular flexibility index (Phi) is 2.56. The largest absolute Gasteiger partial charge is 0.496 e. The normalized spacial score (nSPS) is 13.8. The third-order valence-corrected chi connectivity index (χ3v) is 2.74. The molecule has 0 amide bonds. The third-order valence-electron chi connectivity index (χ3n) is 2.74. The molecular weight excluding hydrogens is 236 g/mol. The van der Waals surface area contributed by atoms with Gasteiger partial charge in [-0.05, 0) is 12.1 Å². The van der Waals surface area contributed by atoms with E-state index in [4.69, 9.17) is 24.5 Å². The fraction of sp³-hybridized carbons (Fsp3) is 0.250. The van der Waals surface area contributed by atoms with Gasteiger partial charge in [0.2, 0.25) is 5.88 Å². The molecule has 1 aromatic heterocycles. The quantitative estimate of drug-likeness (QED) is 0.872. The van der Waals surface area contributed by atoms with Gasteiger partial charge in [0, 0.05) is 17.2 Å². The molecule has 0 fully saturated rings. The van der Waals surface area contributed by atoms with Crippen molar-refractivity contribution in [1.29, 1.82) is 0 Å². The smallest absolute Gasteiger partial charge is 0.222 e. The molecule has 0 spiro atoms. The van der Waals surface area contributed by atoms with Crippen molar-refractivity contribution in [2.45, 2.75) is 6.61 Å². The molecule has 94 valence electrons. The molecule has 2 N–H and O–H groups in total.